The fourth-order valence-electron chi connectivity index (χ4n) is 2.85. The van der Waals surface area contributed by atoms with Crippen molar-refractivity contribution in [3.05, 3.63) is 41.9 Å². The van der Waals surface area contributed by atoms with Gasteiger partial charge in [-0.3, -0.25) is 4.98 Å². The van der Waals surface area contributed by atoms with Crippen molar-refractivity contribution in [2.24, 2.45) is 5.14 Å². The van der Waals surface area contributed by atoms with E-state index in [1.807, 2.05) is 13.8 Å². The zero-order valence-corrected chi connectivity index (χ0v) is 14.6. The van der Waals surface area contributed by atoms with E-state index >= 15 is 0 Å². The van der Waals surface area contributed by atoms with Crippen molar-refractivity contribution < 1.29 is 8.42 Å². The second-order valence-electron chi connectivity index (χ2n) is 5.93. The van der Waals surface area contributed by atoms with E-state index in [9.17, 15) is 8.42 Å². The number of aryl methyl sites for hydroxylation is 2. The van der Waals surface area contributed by atoms with Crippen molar-refractivity contribution in [1.29, 1.82) is 0 Å². The van der Waals surface area contributed by atoms with Gasteiger partial charge in [-0.1, -0.05) is 0 Å². The number of nitrogens with zero attached hydrogens (tertiary/aromatic N) is 4. The van der Waals surface area contributed by atoms with E-state index in [1.54, 1.807) is 30.5 Å². The van der Waals surface area contributed by atoms with E-state index in [2.05, 4.69) is 19.8 Å². The first-order valence-corrected chi connectivity index (χ1v) is 9.32. The van der Waals surface area contributed by atoms with Crippen LogP contribution < -0.4 is 14.9 Å². The smallest absolute Gasteiger partial charge is 0.238 e. The Kier molecular flexibility index (Phi) is 4.42. The van der Waals surface area contributed by atoms with Gasteiger partial charge in [0.25, 0.3) is 0 Å². The van der Waals surface area contributed by atoms with Crippen LogP contribution in [0.15, 0.2) is 35.4 Å². The number of nitrogens with two attached hydrogens (primary N) is 1. The number of hydrogen-bond acceptors (Lipinski definition) is 6. The maximum Gasteiger partial charge on any atom is 0.238 e. The molecule has 0 saturated carbocycles. The van der Waals surface area contributed by atoms with Crippen molar-refractivity contribution in [2.75, 3.05) is 36.0 Å². The summed E-state index contributed by atoms with van der Waals surface area (Å²) in [7, 11) is -3.65. The Balaban J connectivity index is 1.70. The molecule has 1 fully saturated rings. The van der Waals surface area contributed by atoms with Crippen LogP contribution in [-0.2, 0) is 10.0 Å². The molecule has 0 bridgehead atoms. The minimum Gasteiger partial charge on any atom is -0.368 e. The third-order valence-electron chi connectivity index (χ3n) is 4.16. The molecule has 2 aromatic rings. The molecule has 0 amide bonds. The summed E-state index contributed by atoms with van der Waals surface area (Å²) in [5, 5.41) is 5.13. The van der Waals surface area contributed by atoms with Gasteiger partial charge in [0, 0.05) is 38.1 Å². The molecule has 24 heavy (non-hydrogen) atoms. The number of rotatable bonds is 3. The topological polar surface area (TPSA) is 92.4 Å². The minimum absolute atomic E-state index is 0.135. The van der Waals surface area contributed by atoms with E-state index in [1.165, 1.54) is 0 Å². The van der Waals surface area contributed by atoms with Crippen LogP contribution in [0, 0.1) is 13.8 Å². The summed E-state index contributed by atoms with van der Waals surface area (Å²) in [6.07, 6.45) is 1.78. The normalized spacial score (nSPS) is 15.6. The van der Waals surface area contributed by atoms with Crippen molar-refractivity contribution in [3.8, 4) is 0 Å². The zero-order valence-electron chi connectivity index (χ0n) is 13.8. The number of hydrogen-bond donors (Lipinski definition) is 1. The average Bonchev–Trinajstić information content (AvgIpc) is 2.57. The maximum absolute atomic E-state index is 11.3. The second kappa shape index (κ2) is 6.37. The summed E-state index contributed by atoms with van der Waals surface area (Å²) in [5.74, 6) is 0.944. The number of primary sulfonamides is 1. The van der Waals surface area contributed by atoms with Gasteiger partial charge >= 0.3 is 0 Å². The number of aromatic nitrogens is 2. The van der Waals surface area contributed by atoms with Gasteiger partial charge in [0.1, 0.15) is 5.82 Å². The third-order valence-corrected chi connectivity index (χ3v) is 5.09. The lowest BCUT2D eigenvalue weighted by Crippen LogP contribution is -2.47. The van der Waals surface area contributed by atoms with Crippen molar-refractivity contribution >= 4 is 21.5 Å². The summed E-state index contributed by atoms with van der Waals surface area (Å²) in [6.45, 7) is 7.28. The second-order valence-corrected chi connectivity index (χ2v) is 7.49. The molecule has 1 aliphatic heterocycles. The third kappa shape index (κ3) is 3.49. The molecule has 0 spiro atoms. The first-order valence-electron chi connectivity index (χ1n) is 7.77. The molecule has 0 atom stereocenters. The Bertz CT molecular complexity index is 828. The van der Waals surface area contributed by atoms with E-state index in [-0.39, 0.29) is 4.90 Å². The molecule has 128 valence electrons. The molecule has 1 aromatic carbocycles. The number of benzene rings is 1. The quantitative estimate of drug-likeness (QED) is 0.893. The van der Waals surface area contributed by atoms with Gasteiger partial charge in [-0.15, -0.1) is 0 Å². The SMILES string of the molecule is Cc1cnc(C)c(N2CCN(c3ccc(S(N)(=O)=O)cc3)CC2)n1. The van der Waals surface area contributed by atoms with Gasteiger partial charge < -0.3 is 9.80 Å². The highest BCUT2D eigenvalue weighted by Gasteiger charge is 2.20. The molecule has 1 saturated heterocycles. The fourth-order valence-corrected chi connectivity index (χ4v) is 3.36. The van der Waals surface area contributed by atoms with Gasteiger partial charge in [-0.05, 0) is 38.1 Å². The summed E-state index contributed by atoms with van der Waals surface area (Å²) >= 11 is 0. The molecular weight excluding hydrogens is 326 g/mol. The van der Waals surface area contributed by atoms with Crippen molar-refractivity contribution in [3.63, 3.8) is 0 Å². The average molecular weight is 347 g/mol. The molecule has 0 unspecified atom stereocenters. The van der Waals surface area contributed by atoms with Crippen LogP contribution in [0.25, 0.3) is 0 Å². The Morgan fingerprint density at radius 1 is 1.00 bits per heavy atom. The lowest BCUT2D eigenvalue weighted by Gasteiger charge is -2.37. The minimum atomic E-state index is -3.65. The zero-order chi connectivity index (χ0) is 17.3. The van der Waals surface area contributed by atoms with E-state index in [0.717, 1.165) is 49.1 Å². The van der Waals surface area contributed by atoms with Crippen molar-refractivity contribution in [1.82, 2.24) is 9.97 Å². The first kappa shape index (κ1) is 16.7. The highest BCUT2D eigenvalue weighted by atomic mass is 32.2. The highest BCUT2D eigenvalue weighted by Crippen LogP contribution is 2.22. The van der Waals surface area contributed by atoms with E-state index in [4.69, 9.17) is 5.14 Å². The summed E-state index contributed by atoms with van der Waals surface area (Å²) in [6, 6.07) is 6.70. The van der Waals surface area contributed by atoms with Crippen LogP contribution in [0.1, 0.15) is 11.4 Å². The lowest BCUT2D eigenvalue weighted by atomic mass is 10.2. The van der Waals surface area contributed by atoms with Gasteiger partial charge in [0.05, 0.1) is 16.3 Å². The largest absolute Gasteiger partial charge is 0.368 e. The standard InChI is InChI=1S/C16H21N5O2S/c1-12-11-18-13(2)16(19-12)21-9-7-20(8-10-21)14-3-5-15(6-4-14)24(17,22)23/h3-6,11H,7-10H2,1-2H3,(H2,17,22,23). The Labute approximate surface area is 142 Å². The van der Waals surface area contributed by atoms with Gasteiger partial charge in [-0.25, -0.2) is 18.5 Å². The van der Waals surface area contributed by atoms with E-state index in [0.29, 0.717) is 0 Å². The van der Waals surface area contributed by atoms with Crippen LogP contribution in [0.4, 0.5) is 11.5 Å². The van der Waals surface area contributed by atoms with Crippen LogP contribution in [-0.4, -0.2) is 44.6 Å². The number of sulfonamides is 1. The molecule has 1 aromatic heterocycles. The van der Waals surface area contributed by atoms with Crippen LogP contribution in [0.2, 0.25) is 0 Å². The number of piperazine rings is 1. The maximum atomic E-state index is 11.3. The predicted octanol–water partition coefficient (Wildman–Crippen LogP) is 1.07. The summed E-state index contributed by atoms with van der Waals surface area (Å²) in [4.78, 5) is 13.6. The van der Waals surface area contributed by atoms with E-state index < -0.39 is 10.0 Å². The fraction of sp³-hybridized carbons (Fsp3) is 0.375. The van der Waals surface area contributed by atoms with Crippen LogP contribution in [0.3, 0.4) is 0 Å². The summed E-state index contributed by atoms with van der Waals surface area (Å²) in [5.41, 5.74) is 2.84. The van der Waals surface area contributed by atoms with Gasteiger partial charge in [-0.2, -0.15) is 0 Å². The molecule has 1 aliphatic rings. The monoisotopic (exact) mass is 347 g/mol. The van der Waals surface area contributed by atoms with Crippen molar-refractivity contribution in [2.45, 2.75) is 18.7 Å². The molecule has 2 heterocycles. The predicted molar refractivity (Wildman–Crippen MR) is 93.7 cm³/mol. The highest BCUT2D eigenvalue weighted by molar-refractivity contribution is 7.89. The Hall–Kier alpha value is -2.19. The molecule has 3 rings (SSSR count). The molecule has 2 N–H and O–H groups in total. The Morgan fingerprint density at radius 2 is 1.58 bits per heavy atom. The lowest BCUT2D eigenvalue weighted by molar-refractivity contribution is 0.597. The molecule has 0 radical (unpaired) electrons. The molecule has 0 aliphatic carbocycles. The van der Waals surface area contributed by atoms with Crippen LogP contribution in [0.5, 0.6) is 0 Å². The first-order chi connectivity index (χ1) is 11.3. The van der Waals surface area contributed by atoms with Gasteiger partial charge in [0.2, 0.25) is 10.0 Å². The van der Waals surface area contributed by atoms with Gasteiger partial charge in [0.15, 0.2) is 0 Å². The molecule has 7 nitrogen and oxygen atoms in total. The van der Waals surface area contributed by atoms with Crippen LogP contribution >= 0.6 is 0 Å². The number of anilines is 2. The molecule has 8 heteroatoms. The molecular formula is C16H21N5O2S. The Morgan fingerprint density at radius 3 is 2.17 bits per heavy atom. The summed E-state index contributed by atoms with van der Waals surface area (Å²) < 4.78 is 22.6.